The summed E-state index contributed by atoms with van der Waals surface area (Å²) in [5.41, 5.74) is 2.51. The highest BCUT2D eigenvalue weighted by molar-refractivity contribution is 6.08. The Bertz CT molecular complexity index is 626. The maximum absolute atomic E-state index is 12.3. The molecule has 1 aliphatic rings. The van der Waals surface area contributed by atoms with E-state index in [1.54, 1.807) is 0 Å². The number of aliphatic hydroxyl groups is 1. The summed E-state index contributed by atoms with van der Waals surface area (Å²) in [4.78, 5) is 15.5. The van der Waals surface area contributed by atoms with Gasteiger partial charge in [-0.25, -0.2) is 0 Å². The molecule has 0 bridgehead atoms. The molecule has 3 N–H and O–H groups in total. The predicted molar refractivity (Wildman–Crippen MR) is 74.1 cm³/mol. The van der Waals surface area contributed by atoms with Gasteiger partial charge in [0.2, 0.25) is 0 Å². The minimum Gasteiger partial charge on any atom is -0.396 e. The number of aromatic nitrogens is 1. The van der Waals surface area contributed by atoms with E-state index in [2.05, 4.69) is 10.3 Å². The summed E-state index contributed by atoms with van der Waals surface area (Å²) < 4.78 is 0. The molecule has 0 radical (unpaired) electrons. The van der Waals surface area contributed by atoms with Gasteiger partial charge in [-0.2, -0.15) is 0 Å². The van der Waals surface area contributed by atoms with Crippen LogP contribution < -0.4 is 5.32 Å². The van der Waals surface area contributed by atoms with E-state index in [4.69, 9.17) is 0 Å². The zero-order valence-corrected chi connectivity index (χ0v) is 11.0. The van der Waals surface area contributed by atoms with Gasteiger partial charge >= 0.3 is 0 Å². The molecule has 1 aromatic carbocycles. The molecule has 0 spiro atoms. The van der Waals surface area contributed by atoms with Gasteiger partial charge in [-0.05, 0) is 25.8 Å². The number of rotatable bonds is 4. The molecular weight excluding hydrogens is 240 g/mol. The number of H-pyrrole nitrogens is 1. The standard InChI is InChI=1S/C15H18N2O2/c1-10-13(11-4-2-3-5-12(11)17-10)14(19)16-8-15(9-18)6-7-15/h2-5,17-18H,6-9H2,1H3,(H,16,19). The van der Waals surface area contributed by atoms with Gasteiger partial charge in [-0.3, -0.25) is 4.79 Å². The van der Waals surface area contributed by atoms with Crippen molar-refractivity contribution >= 4 is 16.8 Å². The lowest BCUT2D eigenvalue weighted by molar-refractivity contribution is 0.0936. The van der Waals surface area contributed by atoms with Crippen molar-refractivity contribution in [1.29, 1.82) is 0 Å². The van der Waals surface area contributed by atoms with E-state index in [1.165, 1.54) is 0 Å². The summed E-state index contributed by atoms with van der Waals surface area (Å²) in [5, 5.41) is 13.2. The van der Waals surface area contributed by atoms with Crippen molar-refractivity contribution < 1.29 is 9.90 Å². The molecule has 3 rings (SSSR count). The van der Waals surface area contributed by atoms with E-state index in [0.29, 0.717) is 12.1 Å². The third kappa shape index (κ3) is 2.12. The monoisotopic (exact) mass is 258 g/mol. The highest BCUT2D eigenvalue weighted by Crippen LogP contribution is 2.44. The summed E-state index contributed by atoms with van der Waals surface area (Å²) >= 11 is 0. The van der Waals surface area contributed by atoms with Gasteiger partial charge in [-0.15, -0.1) is 0 Å². The van der Waals surface area contributed by atoms with Crippen LogP contribution in [0.1, 0.15) is 28.9 Å². The van der Waals surface area contributed by atoms with Crippen LogP contribution in [0.4, 0.5) is 0 Å². The molecule has 4 nitrogen and oxygen atoms in total. The van der Waals surface area contributed by atoms with E-state index in [0.717, 1.165) is 29.4 Å². The second-order valence-electron chi connectivity index (χ2n) is 5.51. The van der Waals surface area contributed by atoms with Gasteiger partial charge in [0.1, 0.15) is 0 Å². The first kappa shape index (κ1) is 12.2. The molecule has 1 amide bonds. The largest absolute Gasteiger partial charge is 0.396 e. The SMILES string of the molecule is Cc1[nH]c2ccccc2c1C(=O)NCC1(CO)CC1. The minimum atomic E-state index is -0.0605. The van der Waals surface area contributed by atoms with Crippen LogP contribution in [0.25, 0.3) is 10.9 Å². The number of nitrogens with one attached hydrogen (secondary N) is 2. The smallest absolute Gasteiger partial charge is 0.253 e. The van der Waals surface area contributed by atoms with E-state index >= 15 is 0 Å². The molecule has 0 atom stereocenters. The Morgan fingerprint density at radius 1 is 1.42 bits per heavy atom. The Hall–Kier alpha value is -1.81. The number of aromatic amines is 1. The zero-order valence-electron chi connectivity index (χ0n) is 11.0. The van der Waals surface area contributed by atoms with Crippen LogP contribution in [-0.2, 0) is 0 Å². The van der Waals surface area contributed by atoms with Gasteiger partial charge in [0.05, 0.1) is 12.2 Å². The van der Waals surface area contributed by atoms with E-state index in [1.807, 2.05) is 31.2 Å². The average molecular weight is 258 g/mol. The first-order chi connectivity index (χ1) is 9.15. The quantitative estimate of drug-likeness (QED) is 0.785. The third-order valence-corrected chi connectivity index (χ3v) is 4.04. The number of para-hydroxylation sites is 1. The number of carbonyl (C=O) groups excluding carboxylic acids is 1. The van der Waals surface area contributed by atoms with E-state index in [-0.39, 0.29) is 17.9 Å². The molecule has 100 valence electrons. The molecule has 0 unspecified atom stereocenters. The van der Waals surface area contributed by atoms with Gasteiger partial charge in [-0.1, -0.05) is 18.2 Å². The molecule has 2 aromatic rings. The fourth-order valence-electron chi connectivity index (χ4n) is 2.49. The third-order valence-electron chi connectivity index (χ3n) is 4.04. The lowest BCUT2D eigenvalue weighted by Crippen LogP contribution is -2.32. The van der Waals surface area contributed by atoms with Crippen LogP contribution in [0.5, 0.6) is 0 Å². The first-order valence-corrected chi connectivity index (χ1v) is 6.62. The van der Waals surface area contributed by atoms with Crippen molar-refractivity contribution in [2.75, 3.05) is 13.2 Å². The van der Waals surface area contributed by atoms with Crippen LogP contribution in [-0.4, -0.2) is 29.1 Å². The summed E-state index contributed by atoms with van der Waals surface area (Å²) in [5.74, 6) is -0.0605. The van der Waals surface area contributed by atoms with E-state index in [9.17, 15) is 9.90 Å². The lowest BCUT2D eigenvalue weighted by Gasteiger charge is -2.12. The Labute approximate surface area is 111 Å². The molecule has 1 aliphatic carbocycles. The molecule has 19 heavy (non-hydrogen) atoms. The molecule has 0 aliphatic heterocycles. The maximum atomic E-state index is 12.3. The first-order valence-electron chi connectivity index (χ1n) is 6.62. The zero-order chi connectivity index (χ0) is 13.5. The van der Waals surface area contributed by atoms with Crippen molar-refractivity contribution in [3.63, 3.8) is 0 Å². The number of aryl methyl sites for hydroxylation is 1. The average Bonchev–Trinajstić information content (AvgIpc) is 3.12. The number of hydrogen-bond donors (Lipinski definition) is 3. The molecule has 1 heterocycles. The fraction of sp³-hybridized carbons (Fsp3) is 0.400. The lowest BCUT2D eigenvalue weighted by atomic mass is 10.1. The highest BCUT2D eigenvalue weighted by atomic mass is 16.3. The summed E-state index contributed by atoms with van der Waals surface area (Å²) in [6.07, 6.45) is 1.99. The Morgan fingerprint density at radius 2 is 2.16 bits per heavy atom. The second-order valence-corrected chi connectivity index (χ2v) is 5.51. The van der Waals surface area contributed by atoms with Crippen LogP contribution >= 0.6 is 0 Å². The van der Waals surface area contributed by atoms with Crippen molar-refractivity contribution in [3.05, 3.63) is 35.5 Å². The Morgan fingerprint density at radius 3 is 2.84 bits per heavy atom. The molecular formula is C15H18N2O2. The Kier molecular flexibility index (Phi) is 2.82. The number of aliphatic hydroxyl groups excluding tert-OH is 1. The van der Waals surface area contributed by atoms with Crippen LogP contribution in [0.15, 0.2) is 24.3 Å². The van der Waals surface area contributed by atoms with Crippen LogP contribution in [0, 0.1) is 12.3 Å². The molecule has 1 aromatic heterocycles. The van der Waals surface area contributed by atoms with Gasteiger partial charge in [0.25, 0.3) is 5.91 Å². The van der Waals surface area contributed by atoms with Crippen LogP contribution in [0.3, 0.4) is 0 Å². The number of benzene rings is 1. The topological polar surface area (TPSA) is 65.1 Å². The van der Waals surface area contributed by atoms with Gasteiger partial charge in [0, 0.05) is 28.6 Å². The molecule has 0 saturated heterocycles. The minimum absolute atomic E-state index is 0.0598. The normalized spacial score (nSPS) is 16.5. The Balaban J connectivity index is 1.83. The summed E-state index contributed by atoms with van der Waals surface area (Å²) in [6.45, 7) is 2.62. The van der Waals surface area contributed by atoms with Crippen molar-refractivity contribution in [2.24, 2.45) is 5.41 Å². The molecule has 1 fully saturated rings. The fourth-order valence-corrected chi connectivity index (χ4v) is 2.49. The summed E-state index contributed by atoms with van der Waals surface area (Å²) in [7, 11) is 0. The van der Waals surface area contributed by atoms with Crippen molar-refractivity contribution in [2.45, 2.75) is 19.8 Å². The highest BCUT2D eigenvalue weighted by Gasteiger charge is 2.42. The predicted octanol–water partition coefficient (Wildman–Crippen LogP) is 1.98. The van der Waals surface area contributed by atoms with Crippen LogP contribution in [0.2, 0.25) is 0 Å². The summed E-state index contributed by atoms with van der Waals surface area (Å²) in [6, 6.07) is 7.80. The number of hydrogen-bond acceptors (Lipinski definition) is 2. The second kappa shape index (κ2) is 4.38. The van der Waals surface area contributed by atoms with Crippen molar-refractivity contribution in [1.82, 2.24) is 10.3 Å². The van der Waals surface area contributed by atoms with Gasteiger partial charge < -0.3 is 15.4 Å². The number of fused-ring (bicyclic) bond motifs is 1. The number of carbonyl (C=O) groups is 1. The number of amides is 1. The van der Waals surface area contributed by atoms with Gasteiger partial charge in [0.15, 0.2) is 0 Å². The van der Waals surface area contributed by atoms with Crippen molar-refractivity contribution in [3.8, 4) is 0 Å². The maximum Gasteiger partial charge on any atom is 0.253 e. The van der Waals surface area contributed by atoms with E-state index < -0.39 is 0 Å². The molecule has 4 heteroatoms. The molecule has 1 saturated carbocycles.